The van der Waals surface area contributed by atoms with Crippen LogP contribution in [0.1, 0.15) is 15.9 Å². The normalized spacial score (nSPS) is 11.4. The van der Waals surface area contributed by atoms with Gasteiger partial charge in [-0.1, -0.05) is 30.3 Å². The Kier molecular flexibility index (Phi) is 8.72. The van der Waals surface area contributed by atoms with Crippen LogP contribution in [0.2, 0.25) is 0 Å². The lowest BCUT2D eigenvalue weighted by Crippen LogP contribution is -2.20. The lowest BCUT2D eigenvalue weighted by atomic mass is 10.1. The van der Waals surface area contributed by atoms with Crippen LogP contribution in [-0.2, 0) is 0 Å². The molecular weight excluding hydrogens is 352 g/mol. The number of hydrogen-bond donors (Lipinski definition) is 0. The number of carbonyl (C=O) groups excluding carboxylic acids is 1. The standard InChI is InChI=1S/C23H30N2O3/c1-24(2)14-16-27-20-9-7-8-19(18-20)12-13-22(26)21-10-5-6-11-23(21)28-17-15-25(3)4/h5-13,18H,14-17H2,1-4H3. The van der Waals surface area contributed by atoms with E-state index < -0.39 is 0 Å². The average Bonchev–Trinajstić information content (AvgIpc) is 2.66. The lowest BCUT2D eigenvalue weighted by Gasteiger charge is -2.13. The number of carbonyl (C=O) groups is 1. The van der Waals surface area contributed by atoms with Crippen molar-refractivity contribution >= 4 is 11.9 Å². The number of nitrogens with zero attached hydrogens (tertiary/aromatic N) is 2. The third-order valence-corrected chi connectivity index (χ3v) is 4.04. The highest BCUT2D eigenvalue weighted by Gasteiger charge is 2.09. The molecule has 2 rings (SSSR count). The Balaban J connectivity index is 2.01. The molecule has 0 unspecified atom stereocenters. The Morgan fingerprint density at radius 3 is 2.29 bits per heavy atom. The molecule has 0 aliphatic rings. The van der Waals surface area contributed by atoms with Crippen molar-refractivity contribution in [1.29, 1.82) is 0 Å². The van der Waals surface area contributed by atoms with E-state index in [2.05, 4.69) is 4.90 Å². The van der Waals surface area contributed by atoms with E-state index in [4.69, 9.17) is 9.47 Å². The van der Waals surface area contributed by atoms with Crippen LogP contribution in [-0.4, -0.2) is 70.1 Å². The minimum Gasteiger partial charge on any atom is -0.492 e. The van der Waals surface area contributed by atoms with E-state index in [-0.39, 0.29) is 5.78 Å². The second-order valence-corrected chi connectivity index (χ2v) is 7.07. The van der Waals surface area contributed by atoms with Gasteiger partial charge < -0.3 is 19.3 Å². The van der Waals surface area contributed by atoms with Crippen LogP contribution in [0.5, 0.6) is 11.5 Å². The quantitative estimate of drug-likeness (QED) is 0.440. The van der Waals surface area contributed by atoms with Crippen LogP contribution in [0.4, 0.5) is 0 Å². The summed E-state index contributed by atoms with van der Waals surface area (Å²) >= 11 is 0. The number of benzene rings is 2. The molecule has 0 spiro atoms. The topological polar surface area (TPSA) is 42.0 Å². The molecule has 28 heavy (non-hydrogen) atoms. The average molecular weight is 383 g/mol. The van der Waals surface area contributed by atoms with Gasteiger partial charge in [-0.05, 0) is 64.1 Å². The SMILES string of the molecule is CN(C)CCOc1cccc(C=CC(=O)c2ccccc2OCCN(C)C)c1. The van der Waals surface area contributed by atoms with Crippen molar-refractivity contribution in [3.8, 4) is 11.5 Å². The molecule has 2 aromatic rings. The summed E-state index contributed by atoms with van der Waals surface area (Å²) in [4.78, 5) is 16.8. The number of ether oxygens (including phenoxy) is 2. The zero-order chi connectivity index (χ0) is 20.4. The van der Waals surface area contributed by atoms with Crippen molar-refractivity contribution in [1.82, 2.24) is 9.80 Å². The molecule has 5 heteroatoms. The number of para-hydroxylation sites is 1. The number of rotatable bonds is 11. The second-order valence-electron chi connectivity index (χ2n) is 7.07. The van der Waals surface area contributed by atoms with E-state index in [0.29, 0.717) is 24.5 Å². The predicted octanol–water partition coefficient (Wildman–Crippen LogP) is 3.46. The highest BCUT2D eigenvalue weighted by atomic mass is 16.5. The Hall–Kier alpha value is -2.63. The van der Waals surface area contributed by atoms with Gasteiger partial charge in [-0.3, -0.25) is 4.79 Å². The summed E-state index contributed by atoms with van der Waals surface area (Å²) in [6, 6.07) is 15.1. The summed E-state index contributed by atoms with van der Waals surface area (Å²) in [5.74, 6) is 1.32. The van der Waals surface area contributed by atoms with Crippen LogP contribution in [0.3, 0.4) is 0 Å². The van der Waals surface area contributed by atoms with Crippen LogP contribution in [0, 0.1) is 0 Å². The summed E-state index contributed by atoms with van der Waals surface area (Å²) in [6.07, 6.45) is 3.38. The molecule has 0 saturated carbocycles. The van der Waals surface area contributed by atoms with E-state index in [1.807, 2.05) is 75.6 Å². The van der Waals surface area contributed by atoms with E-state index in [0.717, 1.165) is 24.4 Å². The summed E-state index contributed by atoms with van der Waals surface area (Å²) in [6.45, 7) is 2.80. The molecule has 0 N–H and O–H groups in total. The minimum atomic E-state index is -0.0839. The highest BCUT2D eigenvalue weighted by molar-refractivity contribution is 6.08. The van der Waals surface area contributed by atoms with E-state index >= 15 is 0 Å². The first kappa shape index (κ1) is 21.7. The molecular formula is C23H30N2O3. The van der Waals surface area contributed by atoms with E-state index in [1.165, 1.54) is 0 Å². The Bertz CT molecular complexity index is 785. The second kappa shape index (κ2) is 11.3. The number of allylic oxidation sites excluding steroid dienone is 1. The van der Waals surface area contributed by atoms with Crippen molar-refractivity contribution in [2.45, 2.75) is 0 Å². The molecule has 0 radical (unpaired) electrons. The van der Waals surface area contributed by atoms with Crippen molar-refractivity contribution in [2.24, 2.45) is 0 Å². The third kappa shape index (κ3) is 7.55. The van der Waals surface area contributed by atoms with Gasteiger partial charge in [-0.15, -0.1) is 0 Å². The molecule has 0 amide bonds. The van der Waals surface area contributed by atoms with Crippen molar-refractivity contribution in [3.63, 3.8) is 0 Å². The van der Waals surface area contributed by atoms with Crippen LogP contribution < -0.4 is 9.47 Å². The Morgan fingerprint density at radius 1 is 0.893 bits per heavy atom. The fraction of sp³-hybridized carbons (Fsp3) is 0.348. The third-order valence-electron chi connectivity index (χ3n) is 4.04. The molecule has 0 bridgehead atoms. The number of ketones is 1. The summed E-state index contributed by atoms with van der Waals surface area (Å²) in [5, 5.41) is 0. The fourth-order valence-electron chi connectivity index (χ4n) is 2.45. The first-order chi connectivity index (χ1) is 13.5. The van der Waals surface area contributed by atoms with Gasteiger partial charge in [0.15, 0.2) is 5.78 Å². The van der Waals surface area contributed by atoms with Crippen LogP contribution in [0.25, 0.3) is 6.08 Å². The number of likely N-dealkylation sites (N-methyl/N-ethyl adjacent to an activating group) is 2. The molecule has 0 saturated heterocycles. The summed E-state index contributed by atoms with van der Waals surface area (Å²) < 4.78 is 11.5. The van der Waals surface area contributed by atoms with Gasteiger partial charge in [-0.2, -0.15) is 0 Å². The molecule has 150 valence electrons. The van der Waals surface area contributed by atoms with Crippen molar-refractivity contribution < 1.29 is 14.3 Å². The lowest BCUT2D eigenvalue weighted by molar-refractivity contribution is 0.104. The zero-order valence-electron chi connectivity index (χ0n) is 17.2. The minimum absolute atomic E-state index is 0.0839. The first-order valence-corrected chi connectivity index (χ1v) is 9.42. The Morgan fingerprint density at radius 2 is 1.57 bits per heavy atom. The van der Waals surface area contributed by atoms with Gasteiger partial charge in [0.05, 0.1) is 5.56 Å². The Labute approximate surface area is 168 Å². The maximum Gasteiger partial charge on any atom is 0.189 e. The van der Waals surface area contributed by atoms with Gasteiger partial charge >= 0.3 is 0 Å². The van der Waals surface area contributed by atoms with Gasteiger partial charge in [0.25, 0.3) is 0 Å². The molecule has 0 fully saturated rings. The molecule has 0 atom stereocenters. The maximum atomic E-state index is 12.7. The molecule has 2 aromatic carbocycles. The van der Waals surface area contributed by atoms with Crippen LogP contribution in [0.15, 0.2) is 54.6 Å². The molecule has 0 heterocycles. The number of hydrogen-bond acceptors (Lipinski definition) is 5. The van der Waals surface area contributed by atoms with E-state index in [9.17, 15) is 4.79 Å². The molecule has 0 aliphatic heterocycles. The van der Waals surface area contributed by atoms with Gasteiger partial charge in [0.1, 0.15) is 24.7 Å². The molecule has 5 nitrogen and oxygen atoms in total. The monoisotopic (exact) mass is 382 g/mol. The predicted molar refractivity (Wildman–Crippen MR) is 114 cm³/mol. The molecule has 0 aromatic heterocycles. The van der Waals surface area contributed by atoms with Crippen LogP contribution >= 0.6 is 0 Å². The first-order valence-electron chi connectivity index (χ1n) is 9.42. The maximum absolute atomic E-state index is 12.7. The van der Waals surface area contributed by atoms with E-state index in [1.54, 1.807) is 18.2 Å². The van der Waals surface area contributed by atoms with Crippen molar-refractivity contribution in [2.75, 3.05) is 54.5 Å². The fourth-order valence-corrected chi connectivity index (χ4v) is 2.45. The summed E-state index contributed by atoms with van der Waals surface area (Å²) in [7, 11) is 8.00. The van der Waals surface area contributed by atoms with Gasteiger partial charge in [0, 0.05) is 13.1 Å². The molecule has 0 aliphatic carbocycles. The van der Waals surface area contributed by atoms with Gasteiger partial charge in [0.2, 0.25) is 0 Å². The largest absolute Gasteiger partial charge is 0.492 e. The van der Waals surface area contributed by atoms with Crippen molar-refractivity contribution in [3.05, 3.63) is 65.7 Å². The highest BCUT2D eigenvalue weighted by Crippen LogP contribution is 2.20. The van der Waals surface area contributed by atoms with Gasteiger partial charge in [-0.25, -0.2) is 0 Å². The zero-order valence-corrected chi connectivity index (χ0v) is 17.2. The smallest absolute Gasteiger partial charge is 0.189 e. The summed E-state index contributed by atoms with van der Waals surface area (Å²) in [5.41, 5.74) is 1.48.